The fourth-order valence-electron chi connectivity index (χ4n) is 18.0. The van der Waals surface area contributed by atoms with Crippen molar-refractivity contribution in [2.75, 3.05) is 29.4 Å². The maximum atomic E-state index is 17.9. The number of hydrogen-bond acceptors (Lipinski definition) is 9. The van der Waals surface area contributed by atoms with Crippen molar-refractivity contribution in [3.8, 4) is 34.5 Å². The standard InChI is InChI=1S/C96H59B3F4N6O3/c100-76-44-26-45-77(101)95(76)108-81-58-87-74(56-72(81)97-70-42-22-24-48-80(70)107(66-40-20-7-21-41-66)83-50-67(51-84(108)92(83)97)104(60-28-8-1-9-29-60)61-30-10-2-11-31-61)99-75-57-73-82(59-88(75)112-91-55-69(54-90(111-87)94(91)99)106(64-36-16-5-17-37-64)65-38-18-6-19-39-65)109(96-78(102)46-27-47-79(96)103)85-52-68(53-89-93(85)98(73)71-43-23-25-49-86(71)110-89)105(62-32-12-3-13-33-62)63-34-14-4-15-35-63/h1-59H. The Bertz CT molecular complexity index is 6330. The first-order valence-electron chi connectivity index (χ1n) is 37.4. The zero-order valence-electron chi connectivity index (χ0n) is 59.7. The Kier molecular flexibility index (Phi) is 14.8. The van der Waals surface area contributed by atoms with Gasteiger partial charge in [0, 0.05) is 110 Å². The van der Waals surface area contributed by atoms with Crippen LogP contribution in [0.1, 0.15) is 0 Å². The van der Waals surface area contributed by atoms with E-state index in [1.165, 1.54) is 36.4 Å². The van der Waals surface area contributed by atoms with Crippen molar-refractivity contribution < 1.29 is 31.8 Å². The van der Waals surface area contributed by atoms with Gasteiger partial charge in [-0.3, -0.25) is 0 Å². The van der Waals surface area contributed by atoms with E-state index in [4.69, 9.17) is 14.2 Å². The lowest BCUT2D eigenvalue weighted by atomic mass is 9.29. The summed E-state index contributed by atoms with van der Waals surface area (Å²) in [6.45, 7) is -1.84. The van der Waals surface area contributed by atoms with E-state index in [-0.39, 0.29) is 11.4 Å². The van der Waals surface area contributed by atoms with Gasteiger partial charge in [-0.05, 0) is 183 Å². The summed E-state index contributed by atoms with van der Waals surface area (Å²) >= 11 is 0. The predicted molar refractivity (Wildman–Crippen MR) is 448 cm³/mol. The van der Waals surface area contributed by atoms with Crippen molar-refractivity contribution in [1.29, 1.82) is 0 Å². The average molecular weight is 1450 g/mol. The summed E-state index contributed by atoms with van der Waals surface area (Å²) in [4.78, 5) is 12.2. The van der Waals surface area contributed by atoms with Crippen LogP contribution in [0.4, 0.5) is 120 Å². The van der Waals surface area contributed by atoms with Gasteiger partial charge in [0.05, 0.1) is 17.1 Å². The highest BCUT2D eigenvalue weighted by Gasteiger charge is 2.51. The Morgan fingerprint density at radius 3 is 0.964 bits per heavy atom. The van der Waals surface area contributed by atoms with Gasteiger partial charge in [0.25, 0.3) is 20.1 Å². The Morgan fingerprint density at radius 2 is 0.527 bits per heavy atom. The van der Waals surface area contributed by atoms with Gasteiger partial charge >= 0.3 is 0 Å². The Balaban J connectivity index is 0.830. The lowest BCUT2D eigenvalue weighted by Gasteiger charge is -2.45. The lowest BCUT2D eigenvalue weighted by Crippen LogP contribution is -2.65. The molecule has 0 atom stereocenters. The Labute approximate surface area is 644 Å². The molecule has 0 fully saturated rings. The second kappa shape index (κ2) is 25.6. The van der Waals surface area contributed by atoms with Crippen molar-refractivity contribution >= 4 is 172 Å². The number of benzene rings is 16. The second-order valence-electron chi connectivity index (χ2n) is 28.7. The summed E-state index contributed by atoms with van der Waals surface area (Å²) in [6.07, 6.45) is 0. The number of rotatable bonds is 12. The van der Waals surface area contributed by atoms with Crippen molar-refractivity contribution in [1.82, 2.24) is 0 Å². The van der Waals surface area contributed by atoms with Crippen molar-refractivity contribution in [3.05, 3.63) is 381 Å². The highest BCUT2D eigenvalue weighted by atomic mass is 19.1. The summed E-state index contributed by atoms with van der Waals surface area (Å²) < 4.78 is 93.7. The van der Waals surface area contributed by atoms with Gasteiger partial charge in [-0.25, -0.2) is 17.6 Å². The van der Waals surface area contributed by atoms with Crippen LogP contribution in [0.15, 0.2) is 358 Å². The SMILES string of the molecule is Fc1cccc(F)c1N1c2cc3c(cc2B2c4ccccc4Oc4cc(N(c5ccccc5)c5ccccc5)cc1c42)B1c2cc4c(cc2Oc2cc(N(c5ccccc5)c5ccccc5)cc(c21)O3)N(c1c(F)cccc1F)c1cc(N(c2ccccc2)c2ccccc2)cc2c1B4c1ccccc1N2c1ccccc1. The molecule has 22 rings (SSSR count). The zero-order valence-corrected chi connectivity index (χ0v) is 59.7. The molecule has 0 unspecified atom stereocenters. The predicted octanol–water partition coefficient (Wildman–Crippen LogP) is 19.9. The molecule has 0 N–H and O–H groups in total. The molecule has 0 spiro atoms. The van der Waals surface area contributed by atoms with Crippen LogP contribution in [-0.4, -0.2) is 20.1 Å². The van der Waals surface area contributed by atoms with Crippen LogP contribution >= 0.6 is 0 Å². The molecule has 0 radical (unpaired) electrons. The van der Waals surface area contributed by atoms with Crippen LogP contribution in [0, 0.1) is 23.3 Å². The van der Waals surface area contributed by atoms with E-state index in [1.807, 2.05) is 206 Å². The zero-order chi connectivity index (χ0) is 74.4. The minimum atomic E-state index is -0.780. The maximum Gasteiger partial charge on any atom is 0.260 e. The van der Waals surface area contributed by atoms with Crippen molar-refractivity contribution in [3.63, 3.8) is 0 Å². The number of fused-ring (bicyclic) bond motifs is 12. The second-order valence-corrected chi connectivity index (χ2v) is 28.7. The molecule has 16 aromatic rings. The molecular weight excluding hydrogens is 1390 g/mol. The minimum absolute atomic E-state index is 0.269. The molecule has 6 aliphatic heterocycles. The topological polar surface area (TPSA) is 47.1 Å². The van der Waals surface area contributed by atoms with Crippen molar-refractivity contribution in [2.24, 2.45) is 0 Å². The van der Waals surface area contributed by atoms with E-state index in [0.29, 0.717) is 74.1 Å². The Hall–Kier alpha value is -14.4. The first-order chi connectivity index (χ1) is 55.2. The molecule has 6 heterocycles. The molecule has 0 bridgehead atoms. The first kappa shape index (κ1) is 64.8. The average Bonchev–Trinajstić information content (AvgIpc) is 0.688. The van der Waals surface area contributed by atoms with E-state index in [9.17, 15) is 0 Å². The number of nitrogens with zero attached hydrogens (tertiary/aromatic N) is 6. The quantitative estimate of drug-likeness (QED) is 0.0879. The monoisotopic (exact) mass is 1450 g/mol. The molecule has 0 amide bonds. The molecule has 16 heteroatoms. The molecule has 16 aromatic carbocycles. The summed E-state index contributed by atoms with van der Waals surface area (Å²) in [7, 11) is 0. The molecule has 6 aliphatic rings. The van der Waals surface area contributed by atoms with Gasteiger partial charge in [0.15, 0.2) is 0 Å². The summed E-state index contributed by atoms with van der Waals surface area (Å²) in [5, 5.41) is 0. The number of halogens is 4. The smallest absolute Gasteiger partial charge is 0.260 e. The molecule has 0 saturated heterocycles. The third kappa shape index (κ3) is 10.1. The lowest BCUT2D eigenvalue weighted by molar-refractivity contribution is 0.465. The molecule has 0 aliphatic carbocycles. The first-order valence-corrected chi connectivity index (χ1v) is 37.4. The van der Waals surface area contributed by atoms with Crippen LogP contribution in [0.25, 0.3) is 0 Å². The Morgan fingerprint density at radius 1 is 0.205 bits per heavy atom. The van der Waals surface area contributed by atoms with Crippen molar-refractivity contribution in [2.45, 2.75) is 0 Å². The number of ether oxygens (including phenoxy) is 3. The van der Waals surface area contributed by atoms with Gasteiger partial charge in [-0.15, -0.1) is 0 Å². The molecule has 528 valence electrons. The number of anilines is 18. The van der Waals surface area contributed by atoms with Gasteiger partial charge in [-0.2, -0.15) is 0 Å². The van der Waals surface area contributed by atoms with Crippen LogP contribution in [0.5, 0.6) is 34.5 Å². The van der Waals surface area contributed by atoms with E-state index >= 15 is 17.6 Å². The number of para-hydroxylation sites is 11. The summed E-state index contributed by atoms with van der Waals surface area (Å²) in [5.41, 5.74) is 18.4. The highest BCUT2D eigenvalue weighted by Crippen LogP contribution is 2.53. The van der Waals surface area contributed by atoms with E-state index < -0.39 is 43.4 Å². The molecule has 112 heavy (non-hydrogen) atoms. The normalized spacial score (nSPS) is 13.1. The van der Waals surface area contributed by atoms with Crippen LogP contribution in [0.3, 0.4) is 0 Å². The van der Waals surface area contributed by atoms with E-state index in [1.54, 1.807) is 9.80 Å². The van der Waals surface area contributed by atoms with Gasteiger partial charge in [0.1, 0.15) is 69.1 Å². The largest absolute Gasteiger partial charge is 0.458 e. The maximum absolute atomic E-state index is 17.9. The van der Waals surface area contributed by atoms with E-state index in [2.05, 4.69) is 135 Å². The molecule has 0 aromatic heterocycles. The summed E-state index contributed by atoms with van der Waals surface area (Å²) in [6, 6.07) is 116. The molecule has 0 saturated carbocycles. The molecule has 9 nitrogen and oxygen atoms in total. The summed E-state index contributed by atoms with van der Waals surface area (Å²) in [5.74, 6) is -0.161. The molecular formula is C96H59B3F4N6O3. The minimum Gasteiger partial charge on any atom is -0.458 e. The number of hydrogen-bond donors (Lipinski definition) is 0. The third-order valence-electron chi connectivity index (χ3n) is 22.5. The van der Waals surface area contributed by atoms with Gasteiger partial charge in [0.2, 0.25) is 0 Å². The highest BCUT2D eigenvalue weighted by molar-refractivity contribution is 7.03. The van der Waals surface area contributed by atoms with Crippen LogP contribution in [0.2, 0.25) is 0 Å². The van der Waals surface area contributed by atoms with Crippen LogP contribution < -0.4 is 92.8 Å². The van der Waals surface area contributed by atoms with Gasteiger partial charge < -0.3 is 43.6 Å². The fourth-order valence-corrected chi connectivity index (χ4v) is 18.0. The van der Waals surface area contributed by atoms with E-state index in [0.717, 1.165) is 101 Å². The third-order valence-corrected chi connectivity index (χ3v) is 22.5. The van der Waals surface area contributed by atoms with Crippen LogP contribution in [-0.2, 0) is 0 Å². The van der Waals surface area contributed by atoms with Gasteiger partial charge in [-0.1, -0.05) is 188 Å². The fraction of sp³-hybridized carbons (Fsp3) is 0.